The van der Waals surface area contributed by atoms with Gasteiger partial charge in [-0.15, -0.1) is 0 Å². The van der Waals surface area contributed by atoms with Crippen molar-refractivity contribution in [1.29, 1.82) is 0 Å². The number of hydrogen-bond acceptors (Lipinski definition) is 4. The van der Waals surface area contributed by atoms with E-state index in [1.165, 1.54) is 0 Å². The topological polar surface area (TPSA) is 63.7 Å². The van der Waals surface area contributed by atoms with Crippen molar-refractivity contribution in [3.05, 3.63) is 40.9 Å². The van der Waals surface area contributed by atoms with Gasteiger partial charge in [-0.05, 0) is 25.5 Å². The van der Waals surface area contributed by atoms with Crippen molar-refractivity contribution >= 4 is 22.6 Å². The van der Waals surface area contributed by atoms with E-state index in [1.54, 1.807) is 24.5 Å². The van der Waals surface area contributed by atoms with Gasteiger partial charge in [-0.2, -0.15) is 9.97 Å². The largest absolute Gasteiger partial charge is 0.423 e. The van der Waals surface area contributed by atoms with Gasteiger partial charge in [0.2, 0.25) is 0 Å². The molecular formula is C14H13ClN4O. The van der Waals surface area contributed by atoms with E-state index in [9.17, 15) is 0 Å². The average Bonchev–Trinajstić information content (AvgIpc) is 2.76. The third-order valence-electron chi connectivity index (χ3n) is 3.02. The monoisotopic (exact) mass is 288 g/mol. The molecule has 0 atom stereocenters. The van der Waals surface area contributed by atoms with Crippen LogP contribution in [0.2, 0.25) is 5.02 Å². The number of halogens is 1. The van der Waals surface area contributed by atoms with E-state index in [0.29, 0.717) is 16.4 Å². The fourth-order valence-corrected chi connectivity index (χ4v) is 2.46. The lowest BCUT2D eigenvalue weighted by molar-refractivity contribution is 0.441. The van der Waals surface area contributed by atoms with Crippen molar-refractivity contribution in [2.45, 2.75) is 20.3 Å². The Hall–Kier alpha value is -2.14. The number of ether oxygens (including phenoxy) is 1. The Morgan fingerprint density at radius 2 is 2.20 bits per heavy atom. The van der Waals surface area contributed by atoms with Gasteiger partial charge in [-0.3, -0.25) is 4.98 Å². The molecule has 1 N–H and O–H groups in total. The summed E-state index contributed by atoms with van der Waals surface area (Å²) in [7, 11) is 0. The van der Waals surface area contributed by atoms with Crippen LogP contribution in [-0.4, -0.2) is 19.9 Å². The van der Waals surface area contributed by atoms with E-state index in [-0.39, 0.29) is 6.01 Å². The molecule has 0 saturated carbocycles. The molecule has 20 heavy (non-hydrogen) atoms. The van der Waals surface area contributed by atoms with Crippen molar-refractivity contribution in [3.8, 4) is 11.8 Å². The molecule has 0 aliphatic heterocycles. The minimum absolute atomic E-state index is 0.281. The zero-order valence-corrected chi connectivity index (χ0v) is 11.9. The lowest BCUT2D eigenvalue weighted by Crippen LogP contribution is -1.95. The van der Waals surface area contributed by atoms with E-state index in [0.717, 1.165) is 23.2 Å². The standard InChI is InChI=1S/C14H13ClN4O/c1-3-10-12(15)11-8(2)17-14(19-13(11)18-10)20-9-5-4-6-16-7-9/h4-7H,3H2,1-2H3,(H,17,18,19). The van der Waals surface area contributed by atoms with E-state index < -0.39 is 0 Å². The van der Waals surface area contributed by atoms with Crippen LogP contribution in [0.15, 0.2) is 24.5 Å². The van der Waals surface area contributed by atoms with Crippen molar-refractivity contribution in [2.24, 2.45) is 0 Å². The SMILES string of the molecule is CCc1[nH]c2nc(Oc3cccnc3)nc(C)c2c1Cl. The number of pyridine rings is 1. The molecule has 0 amide bonds. The number of hydrogen-bond donors (Lipinski definition) is 1. The minimum Gasteiger partial charge on any atom is -0.423 e. The van der Waals surface area contributed by atoms with Crippen molar-refractivity contribution in [2.75, 3.05) is 0 Å². The van der Waals surface area contributed by atoms with Crippen LogP contribution in [0.3, 0.4) is 0 Å². The lowest BCUT2D eigenvalue weighted by Gasteiger charge is -2.04. The first-order chi connectivity index (χ1) is 9.69. The van der Waals surface area contributed by atoms with Gasteiger partial charge in [0, 0.05) is 11.9 Å². The number of aromatic amines is 1. The molecule has 0 saturated heterocycles. The van der Waals surface area contributed by atoms with Crippen LogP contribution >= 0.6 is 11.6 Å². The Morgan fingerprint density at radius 3 is 2.90 bits per heavy atom. The minimum atomic E-state index is 0.281. The fraction of sp³-hybridized carbons (Fsp3) is 0.214. The van der Waals surface area contributed by atoms with E-state index in [1.807, 2.05) is 13.8 Å². The maximum Gasteiger partial charge on any atom is 0.324 e. The molecule has 0 aromatic carbocycles. The van der Waals surface area contributed by atoms with Gasteiger partial charge in [0.1, 0.15) is 11.4 Å². The molecule has 0 unspecified atom stereocenters. The summed E-state index contributed by atoms with van der Waals surface area (Å²) in [6, 6.07) is 3.87. The molecule has 3 heterocycles. The highest BCUT2D eigenvalue weighted by atomic mass is 35.5. The van der Waals surface area contributed by atoms with Crippen LogP contribution in [0.25, 0.3) is 11.0 Å². The molecule has 3 aromatic rings. The predicted molar refractivity (Wildman–Crippen MR) is 77.3 cm³/mol. The lowest BCUT2D eigenvalue weighted by atomic mass is 10.2. The Morgan fingerprint density at radius 1 is 1.35 bits per heavy atom. The second-order valence-corrected chi connectivity index (χ2v) is 4.76. The summed E-state index contributed by atoms with van der Waals surface area (Å²) in [5, 5.41) is 1.54. The number of nitrogens with one attached hydrogen (secondary N) is 1. The highest BCUT2D eigenvalue weighted by Gasteiger charge is 2.14. The Bertz CT molecular complexity index is 755. The summed E-state index contributed by atoms with van der Waals surface area (Å²) in [5.74, 6) is 0.597. The molecule has 0 spiro atoms. The second kappa shape index (κ2) is 5.09. The first kappa shape index (κ1) is 12.9. The number of nitrogens with zero attached hydrogens (tertiary/aromatic N) is 3. The normalized spacial score (nSPS) is 10.9. The number of aromatic nitrogens is 4. The van der Waals surface area contributed by atoms with Crippen LogP contribution in [0.1, 0.15) is 18.3 Å². The molecule has 5 nitrogen and oxygen atoms in total. The summed E-state index contributed by atoms with van der Waals surface area (Å²) < 4.78 is 5.60. The third-order valence-corrected chi connectivity index (χ3v) is 3.44. The number of rotatable bonds is 3. The third kappa shape index (κ3) is 2.20. The number of aryl methyl sites for hydroxylation is 2. The number of H-pyrrole nitrogens is 1. The highest BCUT2D eigenvalue weighted by Crippen LogP contribution is 2.30. The number of fused-ring (bicyclic) bond motifs is 1. The highest BCUT2D eigenvalue weighted by molar-refractivity contribution is 6.36. The summed E-state index contributed by atoms with van der Waals surface area (Å²) in [6.45, 7) is 3.92. The van der Waals surface area contributed by atoms with Crippen molar-refractivity contribution in [1.82, 2.24) is 19.9 Å². The Labute approximate surface area is 121 Å². The van der Waals surface area contributed by atoms with E-state index >= 15 is 0 Å². The average molecular weight is 289 g/mol. The summed E-state index contributed by atoms with van der Waals surface area (Å²) in [6.07, 6.45) is 4.11. The molecule has 3 rings (SSSR count). The van der Waals surface area contributed by atoms with Crippen LogP contribution < -0.4 is 4.74 Å². The van der Waals surface area contributed by atoms with Crippen molar-refractivity contribution in [3.63, 3.8) is 0 Å². The van der Waals surface area contributed by atoms with Gasteiger partial charge < -0.3 is 9.72 Å². The maximum absolute atomic E-state index is 6.31. The van der Waals surface area contributed by atoms with Crippen molar-refractivity contribution < 1.29 is 4.74 Å². The van der Waals surface area contributed by atoms with Gasteiger partial charge in [-0.1, -0.05) is 18.5 Å². The fourth-order valence-electron chi connectivity index (χ4n) is 2.05. The Kier molecular flexibility index (Phi) is 3.28. The van der Waals surface area contributed by atoms with Gasteiger partial charge >= 0.3 is 6.01 Å². The molecule has 0 fully saturated rings. The Balaban J connectivity index is 2.06. The molecule has 0 aliphatic carbocycles. The molecule has 3 aromatic heterocycles. The first-order valence-corrected chi connectivity index (χ1v) is 6.69. The van der Waals surface area contributed by atoms with E-state index in [4.69, 9.17) is 16.3 Å². The zero-order valence-electron chi connectivity index (χ0n) is 11.1. The van der Waals surface area contributed by atoms with Gasteiger partial charge in [0.05, 0.1) is 22.3 Å². The zero-order chi connectivity index (χ0) is 14.1. The summed E-state index contributed by atoms with van der Waals surface area (Å²) in [5.41, 5.74) is 2.44. The molecule has 0 aliphatic rings. The van der Waals surface area contributed by atoms with Crippen LogP contribution in [0.4, 0.5) is 0 Å². The maximum atomic E-state index is 6.31. The molecule has 102 valence electrons. The molecule has 0 bridgehead atoms. The second-order valence-electron chi connectivity index (χ2n) is 4.38. The quantitative estimate of drug-likeness (QED) is 0.798. The summed E-state index contributed by atoms with van der Waals surface area (Å²) >= 11 is 6.31. The van der Waals surface area contributed by atoms with Gasteiger partial charge in [0.25, 0.3) is 0 Å². The van der Waals surface area contributed by atoms with Crippen LogP contribution in [0, 0.1) is 6.92 Å². The smallest absolute Gasteiger partial charge is 0.324 e. The van der Waals surface area contributed by atoms with Gasteiger partial charge in [0.15, 0.2) is 0 Å². The first-order valence-electron chi connectivity index (χ1n) is 6.31. The molecular weight excluding hydrogens is 276 g/mol. The molecule has 6 heteroatoms. The predicted octanol–water partition coefficient (Wildman–Crippen LogP) is 3.67. The van der Waals surface area contributed by atoms with Gasteiger partial charge in [-0.25, -0.2) is 0 Å². The van der Waals surface area contributed by atoms with E-state index in [2.05, 4.69) is 19.9 Å². The van der Waals surface area contributed by atoms with Crippen LogP contribution in [-0.2, 0) is 6.42 Å². The molecule has 0 radical (unpaired) electrons. The summed E-state index contributed by atoms with van der Waals surface area (Å²) in [4.78, 5) is 15.9. The van der Waals surface area contributed by atoms with Crippen LogP contribution in [0.5, 0.6) is 11.8 Å².